The Morgan fingerprint density at radius 3 is 2.32 bits per heavy atom. The van der Waals surface area contributed by atoms with Crippen molar-refractivity contribution in [1.82, 2.24) is 4.98 Å². The van der Waals surface area contributed by atoms with Crippen LogP contribution < -0.4 is 15.8 Å². The van der Waals surface area contributed by atoms with Gasteiger partial charge in [-0.05, 0) is 12.1 Å². The molecule has 6 nitrogen and oxygen atoms in total. The fourth-order valence-electron chi connectivity index (χ4n) is 4.45. The largest absolute Gasteiger partial charge is 0.453 e. The summed E-state index contributed by atoms with van der Waals surface area (Å²) < 4.78 is 11.6. The Bertz CT molecular complexity index is 1630. The van der Waals surface area contributed by atoms with E-state index in [1.807, 2.05) is 6.07 Å². The number of ether oxygens (including phenoxy) is 1. The fraction of sp³-hybridized carbons (Fsp3) is 0.167. The number of aromatic amines is 1. The third-order valence-electron chi connectivity index (χ3n) is 5.92. The van der Waals surface area contributed by atoms with E-state index in [4.69, 9.17) is 20.8 Å². The van der Waals surface area contributed by atoms with Gasteiger partial charge in [-0.25, -0.2) is 0 Å². The Kier molecular flexibility index (Phi) is 4.06. The molecule has 0 saturated carbocycles. The molecule has 1 fully saturated rings. The molecule has 0 atom stereocenters. The second-order valence-electron chi connectivity index (χ2n) is 7.69. The van der Waals surface area contributed by atoms with Gasteiger partial charge in [0.2, 0.25) is 0 Å². The molecule has 1 saturated heterocycles. The van der Waals surface area contributed by atoms with Crippen molar-refractivity contribution in [3.63, 3.8) is 0 Å². The van der Waals surface area contributed by atoms with Crippen LogP contribution in [-0.2, 0) is 4.74 Å². The van der Waals surface area contributed by atoms with Gasteiger partial charge in [0.15, 0.2) is 22.0 Å². The molecule has 0 bridgehead atoms. The number of nitrogens with one attached hydrogen (secondary N) is 1. The highest BCUT2D eigenvalue weighted by Crippen LogP contribution is 2.33. The molecule has 31 heavy (non-hydrogen) atoms. The lowest BCUT2D eigenvalue weighted by molar-refractivity contribution is 0.123. The van der Waals surface area contributed by atoms with Crippen LogP contribution >= 0.6 is 11.6 Å². The predicted molar refractivity (Wildman–Crippen MR) is 124 cm³/mol. The van der Waals surface area contributed by atoms with Crippen molar-refractivity contribution in [3.8, 4) is 0 Å². The van der Waals surface area contributed by atoms with Crippen LogP contribution in [0.2, 0.25) is 5.02 Å². The topological polar surface area (TPSA) is 75.5 Å². The van der Waals surface area contributed by atoms with E-state index in [0.29, 0.717) is 80.8 Å². The van der Waals surface area contributed by atoms with Crippen molar-refractivity contribution in [2.45, 2.75) is 0 Å². The number of anilines is 1. The summed E-state index contributed by atoms with van der Waals surface area (Å²) in [5, 5.41) is 2.15. The van der Waals surface area contributed by atoms with Crippen LogP contribution in [0.1, 0.15) is 0 Å². The summed E-state index contributed by atoms with van der Waals surface area (Å²) in [7, 11) is 0. The summed E-state index contributed by atoms with van der Waals surface area (Å²) in [6.07, 6.45) is 0. The number of rotatable bonds is 1. The van der Waals surface area contributed by atoms with Crippen molar-refractivity contribution in [2.24, 2.45) is 0 Å². The van der Waals surface area contributed by atoms with Gasteiger partial charge in [-0.1, -0.05) is 35.9 Å². The van der Waals surface area contributed by atoms with Gasteiger partial charge in [0.1, 0.15) is 0 Å². The first-order valence-electron chi connectivity index (χ1n) is 10.1. The number of fused-ring (bicyclic) bond motifs is 5. The Hall–Kier alpha value is -3.35. The second-order valence-corrected chi connectivity index (χ2v) is 8.13. The first-order chi connectivity index (χ1) is 15.1. The lowest BCUT2D eigenvalue weighted by Crippen LogP contribution is -2.37. The van der Waals surface area contributed by atoms with Gasteiger partial charge in [-0.15, -0.1) is 0 Å². The van der Waals surface area contributed by atoms with Crippen LogP contribution in [0.25, 0.3) is 43.7 Å². The van der Waals surface area contributed by atoms with Crippen LogP contribution in [0, 0.1) is 0 Å². The molecule has 2 heterocycles. The van der Waals surface area contributed by atoms with E-state index in [1.165, 1.54) is 0 Å². The molecular weight excluding hydrogens is 416 g/mol. The van der Waals surface area contributed by atoms with Crippen molar-refractivity contribution in [2.75, 3.05) is 31.2 Å². The molecular formula is C24H17ClN2O4. The summed E-state index contributed by atoms with van der Waals surface area (Å²) in [5.74, 6) is 0. The number of nitrogens with zero attached hydrogens (tertiary/aromatic N) is 1. The smallest absolute Gasteiger partial charge is 0.196 e. The number of aromatic nitrogens is 1. The predicted octanol–water partition coefficient (Wildman–Crippen LogP) is 4.43. The molecule has 1 N–H and O–H groups in total. The molecule has 0 radical (unpaired) electrons. The average Bonchev–Trinajstić information content (AvgIpc) is 2.80. The maximum atomic E-state index is 13.6. The normalized spacial score (nSPS) is 14.8. The monoisotopic (exact) mass is 432 g/mol. The lowest BCUT2D eigenvalue weighted by atomic mass is 9.99. The van der Waals surface area contributed by atoms with Crippen molar-refractivity contribution >= 4 is 61.0 Å². The van der Waals surface area contributed by atoms with Crippen LogP contribution in [-0.4, -0.2) is 31.3 Å². The minimum absolute atomic E-state index is 0.154. The van der Waals surface area contributed by atoms with E-state index in [0.717, 1.165) is 0 Å². The van der Waals surface area contributed by atoms with Gasteiger partial charge in [0.25, 0.3) is 0 Å². The summed E-state index contributed by atoms with van der Waals surface area (Å²) in [5.41, 5.74) is 2.62. The Morgan fingerprint density at radius 1 is 0.871 bits per heavy atom. The van der Waals surface area contributed by atoms with E-state index in [9.17, 15) is 9.59 Å². The van der Waals surface area contributed by atoms with E-state index < -0.39 is 0 Å². The maximum absolute atomic E-state index is 13.6. The Morgan fingerprint density at radius 2 is 1.58 bits per heavy atom. The summed E-state index contributed by atoms with van der Waals surface area (Å²) in [6.45, 7) is 2.37. The molecule has 6 rings (SSSR count). The number of benzene rings is 4. The molecule has 0 spiro atoms. The molecule has 7 heteroatoms. The number of H-pyrrole nitrogens is 1. The molecule has 1 aromatic heterocycles. The van der Waals surface area contributed by atoms with Gasteiger partial charge < -0.3 is 19.0 Å². The zero-order valence-electron chi connectivity index (χ0n) is 16.4. The van der Waals surface area contributed by atoms with Crippen molar-refractivity contribution in [1.29, 1.82) is 0 Å². The number of morpholine rings is 1. The zero-order valence-corrected chi connectivity index (χ0v) is 17.2. The average molecular weight is 433 g/mol. The number of hydrogen-bond donors (Lipinski definition) is 1. The minimum Gasteiger partial charge on any atom is -0.453 e. The molecule has 0 unspecified atom stereocenters. The van der Waals surface area contributed by atoms with E-state index in [2.05, 4.69) is 9.88 Å². The highest BCUT2D eigenvalue weighted by molar-refractivity contribution is 6.31. The second kappa shape index (κ2) is 6.83. The number of halogens is 1. The number of hydrogen-bond acceptors (Lipinski definition) is 5. The van der Waals surface area contributed by atoms with Crippen LogP contribution in [0.5, 0.6) is 0 Å². The van der Waals surface area contributed by atoms with Gasteiger partial charge in [-0.2, -0.15) is 0 Å². The molecule has 0 amide bonds. The van der Waals surface area contributed by atoms with E-state index in [-0.39, 0.29) is 10.9 Å². The minimum atomic E-state index is -0.190. The first-order valence-corrected chi connectivity index (χ1v) is 10.5. The quantitative estimate of drug-likeness (QED) is 0.313. The Balaban J connectivity index is 1.86. The Labute approximate surface area is 180 Å². The third kappa shape index (κ3) is 2.76. The van der Waals surface area contributed by atoms with Crippen LogP contribution in [0.4, 0.5) is 5.69 Å². The maximum Gasteiger partial charge on any atom is 0.196 e. The van der Waals surface area contributed by atoms with Gasteiger partial charge >= 0.3 is 0 Å². The van der Waals surface area contributed by atoms with Crippen molar-refractivity contribution < 1.29 is 9.15 Å². The fourth-order valence-corrected chi connectivity index (χ4v) is 4.61. The lowest BCUT2D eigenvalue weighted by Gasteiger charge is -2.30. The summed E-state index contributed by atoms with van der Waals surface area (Å²) in [6, 6.07) is 14.1. The van der Waals surface area contributed by atoms with Gasteiger partial charge in [0, 0.05) is 41.0 Å². The van der Waals surface area contributed by atoms with Crippen LogP contribution in [0.3, 0.4) is 0 Å². The van der Waals surface area contributed by atoms with Gasteiger partial charge in [-0.3, -0.25) is 9.59 Å². The summed E-state index contributed by atoms with van der Waals surface area (Å²) >= 11 is 6.14. The highest BCUT2D eigenvalue weighted by atomic mass is 35.5. The van der Waals surface area contributed by atoms with Crippen molar-refractivity contribution in [3.05, 3.63) is 74.0 Å². The highest BCUT2D eigenvalue weighted by Gasteiger charge is 2.23. The third-order valence-corrected chi connectivity index (χ3v) is 6.15. The van der Waals surface area contributed by atoms with Gasteiger partial charge in [0.05, 0.1) is 40.7 Å². The standard InChI is InChI=1S/C24H17ClN2O4/c25-13-5-6-16-18(11-13)31-19-12-17(27-7-9-30-10-8-27)20-21(22(19)26-16)24(29)15-4-2-1-3-14(15)23(20)28/h1-6,11-12,26H,7-10H2. The van der Waals surface area contributed by atoms with Crippen LogP contribution in [0.15, 0.2) is 62.5 Å². The SMILES string of the molecule is O=c1c2ccccc2c(=O)c2c1c(N1CCOCC1)cc1oc3cc(Cl)ccc3[nH]c12. The van der Waals surface area contributed by atoms with E-state index >= 15 is 0 Å². The zero-order chi connectivity index (χ0) is 21.1. The molecule has 4 aromatic carbocycles. The first kappa shape index (κ1) is 18.4. The molecule has 154 valence electrons. The molecule has 0 aliphatic carbocycles. The molecule has 1 aliphatic heterocycles. The molecule has 1 aliphatic rings. The van der Waals surface area contributed by atoms with E-state index in [1.54, 1.807) is 42.5 Å². The molecule has 5 aromatic rings. The summed E-state index contributed by atoms with van der Waals surface area (Å²) in [4.78, 5) is 32.6.